The number of nitrogens with one attached hydrogen (secondary N) is 1. The van der Waals surface area contributed by atoms with Crippen LogP contribution in [0.25, 0.3) is 0 Å². The average molecular weight is 433 g/mol. The molecule has 0 spiro atoms. The molecule has 2 aromatic rings. The molecule has 0 bridgehead atoms. The van der Waals surface area contributed by atoms with Crippen LogP contribution >= 0.6 is 27.3 Å². The molecule has 0 aliphatic carbocycles. The molecule has 1 heterocycles. The van der Waals surface area contributed by atoms with Gasteiger partial charge in [0, 0.05) is 11.5 Å². The van der Waals surface area contributed by atoms with Gasteiger partial charge >= 0.3 is 0 Å². The summed E-state index contributed by atoms with van der Waals surface area (Å²) in [5.41, 5.74) is 0. The van der Waals surface area contributed by atoms with Crippen molar-refractivity contribution >= 4 is 43.2 Å². The lowest BCUT2D eigenvalue weighted by atomic mass is 10.3. The van der Waals surface area contributed by atoms with Gasteiger partial charge in [-0.2, -0.15) is 4.31 Å². The van der Waals surface area contributed by atoms with Gasteiger partial charge in [0.2, 0.25) is 5.91 Å². The van der Waals surface area contributed by atoms with Gasteiger partial charge in [-0.15, -0.1) is 11.3 Å². The summed E-state index contributed by atoms with van der Waals surface area (Å²) in [6.45, 7) is 0.346. The van der Waals surface area contributed by atoms with Crippen LogP contribution in [0.15, 0.2) is 50.5 Å². The Morgan fingerprint density at radius 2 is 2.12 bits per heavy atom. The molecule has 0 unspecified atom stereocenters. The van der Waals surface area contributed by atoms with Gasteiger partial charge in [-0.25, -0.2) is 8.42 Å². The molecular weight excluding hydrogens is 416 g/mol. The molecule has 9 heteroatoms. The minimum Gasteiger partial charge on any atom is -0.492 e. The summed E-state index contributed by atoms with van der Waals surface area (Å²) in [7, 11) is -2.23. The van der Waals surface area contributed by atoms with E-state index in [1.54, 1.807) is 11.4 Å². The molecule has 0 aliphatic rings. The monoisotopic (exact) mass is 432 g/mol. The number of nitrogens with zero attached hydrogens (tertiary/aromatic N) is 1. The normalized spacial score (nSPS) is 11.5. The van der Waals surface area contributed by atoms with Gasteiger partial charge in [0.15, 0.2) is 0 Å². The quantitative estimate of drug-likeness (QED) is 0.649. The molecule has 24 heavy (non-hydrogen) atoms. The number of benzene rings is 1. The second-order valence-corrected chi connectivity index (χ2v) is 8.98. The summed E-state index contributed by atoms with van der Waals surface area (Å²) in [4.78, 5) is 11.9. The largest absolute Gasteiger partial charge is 0.492 e. The Labute approximate surface area is 153 Å². The second kappa shape index (κ2) is 8.61. The van der Waals surface area contributed by atoms with E-state index in [0.29, 0.717) is 12.4 Å². The minimum atomic E-state index is -3.61. The van der Waals surface area contributed by atoms with Crippen molar-refractivity contribution in [3.05, 3.63) is 46.3 Å². The standard InChI is InChI=1S/C15H17BrN2O4S2/c1-18(24(20,21)15-6-3-9-23-15)11-14(19)17-7-8-22-13-5-2-4-12(16)10-13/h2-6,9-10H,7-8,11H2,1H3,(H,17,19). The zero-order chi connectivity index (χ0) is 17.6. The number of amides is 1. The first kappa shape index (κ1) is 18.9. The number of carbonyl (C=O) groups excluding carboxylic acids is 1. The Kier molecular flexibility index (Phi) is 6.79. The zero-order valence-electron chi connectivity index (χ0n) is 12.9. The molecule has 0 atom stereocenters. The first-order valence-electron chi connectivity index (χ1n) is 7.04. The summed E-state index contributed by atoms with van der Waals surface area (Å²) in [6, 6.07) is 10.5. The van der Waals surface area contributed by atoms with Crippen LogP contribution in [0.3, 0.4) is 0 Å². The maximum Gasteiger partial charge on any atom is 0.252 e. The van der Waals surface area contributed by atoms with Crippen LogP contribution in [0, 0.1) is 0 Å². The van der Waals surface area contributed by atoms with E-state index in [1.165, 1.54) is 13.1 Å². The summed E-state index contributed by atoms with van der Waals surface area (Å²) in [5, 5.41) is 4.32. The summed E-state index contributed by atoms with van der Waals surface area (Å²) in [5.74, 6) is 0.312. The molecular formula is C15H17BrN2O4S2. The first-order valence-corrected chi connectivity index (χ1v) is 10.2. The van der Waals surface area contributed by atoms with E-state index in [1.807, 2.05) is 24.3 Å². The van der Waals surface area contributed by atoms with Gasteiger partial charge in [0.1, 0.15) is 16.6 Å². The molecule has 130 valence electrons. The molecule has 6 nitrogen and oxygen atoms in total. The van der Waals surface area contributed by atoms with Crippen LogP contribution in [0.4, 0.5) is 0 Å². The highest BCUT2D eigenvalue weighted by atomic mass is 79.9. The third-order valence-electron chi connectivity index (χ3n) is 3.01. The number of carbonyl (C=O) groups is 1. The third-order valence-corrected chi connectivity index (χ3v) is 6.68. The number of sulfonamides is 1. The lowest BCUT2D eigenvalue weighted by Crippen LogP contribution is -2.39. The molecule has 2 rings (SSSR count). The maximum atomic E-state index is 12.2. The molecule has 1 aromatic carbocycles. The van der Waals surface area contributed by atoms with E-state index in [0.717, 1.165) is 20.1 Å². The van der Waals surface area contributed by atoms with Crippen molar-refractivity contribution in [3.63, 3.8) is 0 Å². The highest BCUT2D eigenvalue weighted by Crippen LogP contribution is 2.19. The highest BCUT2D eigenvalue weighted by Gasteiger charge is 2.23. The summed E-state index contributed by atoms with van der Waals surface area (Å²) in [6.07, 6.45) is 0. The first-order chi connectivity index (χ1) is 11.4. The van der Waals surface area contributed by atoms with E-state index in [2.05, 4.69) is 21.2 Å². The van der Waals surface area contributed by atoms with Crippen molar-refractivity contribution in [2.45, 2.75) is 4.21 Å². The summed E-state index contributed by atoms with van der Waals surface area (Å²) < 4.78 is 32.1. The number of halogens is 1. The molecule has 0 aliphatic heterocycles. The van der Waals surface area contributed by atoms with Crippen LogP contribution in [-0.2, 0) is 14.8 Å². The molecule has 0 radical (unpaired) electrons. The van der Waals surface area contributed by atoms with Crippen molar-refractivity contribution in [2.24, 2.45) is 0 Å². The fourth-order valence-corrected chi connectivity index (χ4v) is 4.53. The average Bonchev–Trinajstić information content (AvgIpc) is 3.07. The fraction of sp³-hybridized carbons (Fsp3) is 0.267. The van der Waals surface area contributed by atoms with E-state index in [9.17, 15) is 13.2 Å². The van der Waals surface area contributed by atoms with Crippen LogP contribution < -0.4 is 10.1 Å². The van der Waals surface area contributed by atoms with Crippen LogP contribution in [0.1, 0.15) is 0 Å². The third kappa shape index (κ3) is 5.30. The van der Waals surface area contributed by atoms with Gasteiger partial charge < -0.3 is 10.1 Å². The molecule has 1 aromatic heterocycles. The predicted octanol–water partition coefficient (Wildman–Crippen LogP) is 2.33. The van der Waals surface area contributed by atoms with Crippen molar-refractivity contribution in [1.29, 1.82) is 0 Å². The smallest absolute Gasteiger partial charge is 0.252 e. The maximum absolute atomic E-state index is 12.2. The lowest BCUT2D eigenvalue weighted by molar-refractivity contribution is -0.121. The molecule has 0 saturated carbocycles. The molecule has 0 fully saturated rings. The zero-order valence-corrected chi connectivity index (χ0v) is 16.2. The van der Waals surface area contributed by atoms with Gasteiger partial charge in [-0.1, -0.05) is 28.1 Å². The van der Waals surface area contributed by atoms with Crippen LogP contribution in [0.5, 0.6) is 5.75 Å². The Hall–Kier alpha value is -1.42. The summed E-state index contributed by atoms with van der Waals surface area (Å²) >= 11 is 4.47. The van der Waals surface area contributed by atoms with Gasteiger partial charge in [0.05, 0.1) is 13.1 Å². The van der Waals surface area contributed by atoms with E-state index in [-0.39, 0.29) is 23.2 Å². The number of ether oxygens (including phenoxy) is 1. The Morgan fingerprint density at radius 1 is 1.33 bits per heavy atom. The van der Waals surface area contributed by atoms with E-state index >= 15 is 0 Å². The van der Waals surface area contributed by atoms with Gasteiger partial charge in [-0.05, 0) is 29.6 Å². The molecule has 1 amide bonds. The second-order valence-electron chi connectivity index (χ2n) is 4.85. The highest BCUT2D eigenvalue weighted by molar-refractivity contribution is 9.10. The fourth-order valence-electron chi connectivity index (χ4n) is 1.82. The topological polar surface area (TPSA) is 75.7 Å². The number of hydrogen-bond donors (Lipinski definition) is 1. The Morgan fingerprint density at radius 3 is 2.79 bits per heavy atom. The number of thiophene rings is 1. The molecule has 1 N–H and O–H groups in total. The number of rotatable bonds is 8. The number of hydrogen-bond acceptors (Lipinski definition) is 5. The van der Waals surface area contributed by atoms with Crippen LogP contribution in [-0.4, -0.2) is 45.4 Å². The van der Waals surface area contributed by atoms with E-state index < -0.39 is 10.0 Å². The van der Waals surface area contributed by atoms with Crippen molar-refractivity contribution in [3.8, 4) is 5.75 Å². The molecule has 0 saturated heterocycles. The minimum absolute atomic E-state index is 0.218. The number of likely N-dealkylation sites (N-methyl/N-ethyl adjacent to an activating group) is 1. The predicted molar refractivity (Wildman–Crippen MR) is 96.8 cm³/mol. The Bertz CT molecular complexity index is 779. The lowest BCUT2D eigenvalue weighted by Gasteiger charge is -2.15. The van der Waals surface area contributed by atoms with E-state index in [4.69, 9.17) is 4.74 Å². The Balaban J connectivity index is 1.75. The van der Waals surface area contributed by atoms with Crippen molar-refractivity contribution in [2.75, 3.05) is 26.7 Å². The van der Waals surface area contributed by atoms with Crippen molar-refractivity contribution < 1.29 is 17.9 Å². The van der Waals surface area contributed by atoms with Gasteiger partial charge in [0.25, 0.3) is 10.0 Å². The van der Waals surface area contributed by atoms with Crippen molar-refractivity contribution in [1.82, 2.24) is 9.62 Å². The van der Waals surface area contributed by atoms with Gasteiger partial charge in [-0.3, -0.25) is 4.79 Å². The van der Waals surface area contributed by atoms with Crippen LogP contribution in [0.2, 0.25) is 0 Å². The SMILES string of the molecule is CN(CC(=O)NCCOc1cccc(Br)c1)S(=O)(=O)c1cccs1.